The molecule has 3 rings (SSSR count). The van der Waals surface area contributed by atoms with E-state index in [1.807, 2.05) is 31.7 Å². The van der Waals surface area contributed by atoms with E-state index in [1.54, 1.807) is 0 Å². The largest absolute Gasteiger partial charge is 0.466 e. The molecular weight excluding hydrogens is 330 g/mol. The van der Waals surface area contributed by atoms with Gasteiger partial charge in [-0.25, -0.2) is 0 Å². The van der Waals surface area contributed by atoms with Gasteiger partial charge in [0.25, 0.3) is 5.91 Å². The number of amides is 2. The van der Waals surface area contributed by atoms with Crippen LogP contribution in [0.3, 0.4) is 0 Å². The van der Waals surface area contributed by atoms with E-state index in [9.17, 15) is 9.59 Å². The first kappa shape index (κ1) is 19.0. The molecule has 1 atom stereocenters. The molecule has 0 aromatic carbocycles. The predicted octanol–water partition coefficient (Wildman–Crippen LogP) is 2.49. The Morgan fingerprint density at radius 1 is 1.12 bits per heavy atom. The van der Waals surface area contributed by atoms with E-state index in [1.165, 1.54) is 19.3 Å². The Kier molecular flexibility index (Phi) is 6.01. The van der Waals surface area contributed by atoms with E-state index in [-0.39, 0.29) is 17.9 Å². The second-order valence-electron chi connectivity index (χ2n) is 7.67. The molecule has 1 aliphatic heterocycles. The Morgan fingerprint density at radius 3 is 2.35 bits per heavy atom. The first-order valence-electron chi connectivity index (χ1n) is 9.86. The number of aryl methyl sites for hydroxylation is 2. The van der Waals surface area contributed by atoms with Gasteiger partial charge < -0.3 is 14.6 Å². The van der Waals surface area contributed by atoms with Gasteiger partial charge in [-0.15, -0.1) is 0 Å². The van der Waals surface area contributed by atoms with Gasteiger partial charge in [0.05, 0.1) is 11.6 Å². The molecule has 0 bridgehead atoms. The van der Waals surface area contributed by atoms with E-state index in [4.69, 9.17) is 4.42 Å². The van der Waals surface area contributed by atoms with E-state index < -0.39 is 0 Å². The van der Waals surface area contributed by atoms with Crippen molar-refractivity contribution in [2.75, 3.05) is 26.2 Å². The zero-order valence-corrected chi connectivity index (χ0v) is 16.2. The number of nitrogens with zero attached hydrogens (tertiary/aromatic N) is 2. The summed E-state index contributed by atoms with van der Waals surface area (Å²) in [7, 11) is 0. The van der Waals surface area contributed by atoms with Crippen LogP contribution in [-0.2, 0) is 4.79 Å². The molecule has 2 fully saturated rings. The molecule has 26 heavy (non-hydrogen) atoms. The molecule has 1 N–H and O–H groups in total. The molecule has 1 saturated carbocycles. The standard InChI is InChI=1S/C20H31N3O3/c1-14-13-18(16(3)26-14)20(25)23-11-9-22(10-12-23)15(2)19(24)21-17-7-5-4-6-8-17/h13,15,17H,4-12H2,1-3H3,(H,21,24). The molecule has 0 spiro atoms. The second kappa shape index (κ2) is 8.25. The van der Waals surface area contributed by atoms with E-state index in [0.29, 0.717) is 30.5 Å². The molecule has 1 aromatic rings. The first-order chi connectivity index (χ1) is 12.5. The number of hydrogen-bond donors (Lipinski definition) is 1. The van der Waals surface area contributed by atoms with Crippen molar-refractivity contribution in [1.29, 1.82) is 0 Å². The van der Waals surface area contributed by atoms with Crippen molar-refractivity contribution in [3.63, 3.8) is 0 Å². The molecule has 0 radical (unpaired) electrons. The number of carbonyl (C=O) groups excluding carboxylic acids is 2. The Labute approximate surface area is 155 Å². The number of rotatable bonds is 4. The van der Waals surface area contributed by atoms with Gasteiger partial charge in [-0.3, -0.25) is 14.5 Å². The van der Waals surface area contributed by atoms with Gasteiger partial charge in [0.15, 0.2) is 0 Å². The summed E-state index contributed by atoms with van der Waals surface area (Å²) in [4.78, 5) is 29.3. The molecule has 144 valence electrons. The lowest BCUT2D eigenvalue weighted by Crippen LogP contribution is -2.56. The highest BCUT2D eigenvalue weighted by molar-refractivity contribution is 5.95. The molecule has 2 aliphatic rings. The maximum absolute atomic E-state index is 12.7. The molecule has 1 unspecified atom stereocenters. The number of piperazine rings is 1. The summed E-state index contributed by atoms with van der Waals surface area (Å²) in [5.41, 5.74) is 0.652. The van der Waals surface area contributed by atoms with Crippen LogP contribution in [0.2, 0.25) is 0 Å². The van der Waals surface area contributed by atoms with Crippen LogP contribution in [0.25, 0.3) is 0 Å². The Morgan fingerprint density at radius 2 is 1.77 bits per heavy atom. The first-order valence-corrected chi connectivity index (χ1v) is 9.86. The number of hydrogen-bond acceptors (Lipinski definition) is 4. The highest BCUT2D eigenvalue weighted by atomic mass is 16.3. The summed E-state index contributed by atoms with van der Waals surface area (Å²) in [5.74, 6) is 1.59. The Balaban J connectivity index is 1.50. The van der Waals surface area contributed by atoms with Crippen molar-refractivity contribution in [3.8, 4) is 0 Å². The van der Waals surface area contributed by atoms with E-state index in [2.05, 4.69) is 10.2 Å². The van der Waals surface area contributed by atoms with Crippen molar-refractivity contribution >= 4 is 11.8 Å². The van der Waals surface area contributed by atoms with Crippen molar-refractivity contribution < 1.29 is 14.0 Å². The quantitative estimate of drug-likeness (QED) is 0.895. The highest BCUT2D eigenvalue weighted by Gasteiger charge is 2.30. The zero-order valence-electron chi connectivity index (χ0n) is 16.2. The van der Waals surface area contributed by atoms with Gasteiger partial charge in [-0.2, -0.15) is 0 Å². The summed E-state index contributed by atoms with van der Waals surface area (Å²) in [5, 5.41) is 3.21. The van der Waals surface area contributed by atoms with Crippen molar-refractivity contribution in [1.82, 2.24) is 15.1 Å². The lowest BCUT2D eigenvalue weighted by atomic mass is 9.95. The lowest BCUT2D eigenvalue weighted by Gasteiger charge is -2.38. The van der Waals surface area contributed by atoms with Gasteiger partial charge >= 0.3 is 0 Å². The van der Waals surface area contributed by atoms with Crippen LogP contribution >= 0.6 is 0 Å². The fourth-order valence-corrected chi connectivity index (χ4v) is 4.06. The summed E-state index contributed by atoms with van der Waals surface area (Å²) in [6, 6.07) is 2.01. The number of nitrogens with one attached hydrogen (secondary N) is 1. The minimum absolute atomic E-state index is 0.0262. The van der Waals surface area contributed by atoms with Gasteiger partial charge in [-0.1, -0.05) is 19.3 Å². The minimum Gasteiger partial charge on any atom is -0.466 e. The van der Waals surface area contributed by atoms with Crippen molar-refractivity contribution in [3.05, 3.63) is 23.2 Å². The normalized spacial score (nSPS) is 20.8. The van der Waals surface area contributed by atoms with Crippen LogP contribution in [0.5, 0.6) is 0 Å². The summed E-state index contributed by atoms with van der Waals surface area (Å²) >= 11 is 0. The Hall–Kier alpha value is -1.82. The average molecular weight is 361 g/mol. The number of carbonyl (C=O) groups is 2. The lowest BCUT2D eigenvalue weighted by molar-refractivity contribution is -0.127. The number of furan rings is 1. The molecule has 1 aliphatic carbocycles. The summed E-state index contributed by atoms with van der Waals surface area (Å²) in [6.07, 6.45) is 5.92. The van der Waals surface area contributed by atoms with Gasteiger partial charge in [0.2, 0.25) is 5.91 Å². The fourth-order valence-electron chi connectivity index (χ4n) is 4.06. The van der Waals surface area contributed by atoms with Crippen molar-refractivity contribution in [2.24, 2.45) is 0 Å². The molecular formula is C20H31N3O3. The highest BCUT2D eigenvalue weighted by Crippen LogP contribution is 2.19. The molecule has 6 heteroatoms. The topological polar surface area (TPSA) is 65.8 Å². The van der Waals surface area contributed by atoms with Gasteiger partial charge in [0.1, 0.15) is 11.5 Å². The summed E-state index contributed by atoms with van der Waals surface area (Å²) in [6.45, 7) is 8.39. The second-order valence-corrected chi connectivity index (χ2v) is 7.67. The monoisotopic (exact) mass is 361 g/mol. The summed E-state index contributed by atoms with van der Waals surface area (Å²) < 4.78 is 5.48. The van der Waals surface area contributed by atoms with Crippen LogP contribution in [-0.4, -0.2) is 59.9 Å². The molecule has 2 heterocycles. The zero-order chi connectivity index (χ0) is 18.7. The third-order valence-corrected chi connectivity index (χ3v) is 5.75. The van der Waals surface area contributed by atoms with Crippen molar-refractivity contribution in [2.45, 2.75) is 65.0 Å². The molecule has 2 amide bonds. The fraction of sp³-hybridized carbons (Fsp3) is 0.700. The molecule has 1 aromatic heterocycles. The van der Waals surface area contributed by atoms with Crippen LogP contribution in [0.1, 0.15) is 60.9 Å². The molecule has 1 saturated heterocycles. The van der Waals surface area contributed by atoms with E-state index in [0.717, 1.165) is 31.7 Å². The molecule has 6 nitrogen and oxygen atoms in total. The smallest absolute Gasteiger partial charge is 0.257 e. The maximum atomic E-state index is 12.7. The average Bonchev–Trinajstić information content (AvgIpc) is 2.99. The third-order valence-electron chi connectivity index (χ3n) is 5.75. The van der Waals surface area contributed by atoms with Crippen LogP contribution in [0.4, 0.5) is 0 Å². The van der Waals surface area contributed by atoms with Crippen LogP contribution in [0, 0.1) is 13.8 Å². The minimum atomic E-state index is -0.146. The van der Waals surface area contributed by atoms with Crippen LogP contribution < -0.4 is 5.32 Å². The SMILES string of the molecule is Cc1cc(C(=O)N2CCN(C(C)C(=O)NC3CCCCC3)CC2)c(C)o1. The Bertz CT molecular complexity index is 641. The van der Waals surface area contributed by atoms with Gasteiger partial charge in [0, 0.05) is 32.2 Å². The maximum Gasteiger partial charge on any atom is 0.257 e. The van der Waals surface area contributed by atoms with Gasteiger partial charge in [-0.05, 0) is 39.7 Å². The predicted molar refractivity (Wildman–Crippen MR) is 100 cm³/mol. The van der Waals surface area contributed by atoms with Crippen LogP contribution in [0.15, 0.2) is 10.5 Å². The third kappa shape index (κ3) is 4.29. The van der Waals surface area contributed by atoms with E-state index >= 15 is 0 Å².